The fourth-order valence-electron chi connectivity index (χ4n) is 2.66. The van der Waals surface area contributed by atoms with Crippen molar-refractivity contribution in [3.63, 3.8) is 0 Å². The molecule has 0 aromatic carbocycles. The summed E-state index contributed by atoms with van der Waals surface area (Å²) in [5.41, 5.74) is 6.87. The van der Waals surface area contributed by atoms with E-state index in [9.17, 15) is 4.79 Å². The van der Waals surface area contributed by atoms with E-state index in [4.69, 9.17) is 5.73 Å². The van der Waals surface area contributed by atoms with Crippen LogP contribution >= 0.6 is 12.4 Å². The molecule has 0 saturated heterocycles. The summed E-state index contributed by atoms with van der Waals surface area (Å²) in [5.74, 6) is 0.00599. The molecule has 3 N–H and O–H groups in total. The Bertz CT molecular complexity index is 430. The van der Waals surface area contributed by atoms with Gasteiger partial charge in [-0.3, -0.25) is 9.48 Å². The van der Waals surface area contributed by atoms with Gasteiger partial charge >= 0.3 is 0 Å². The zero-order valence-electron chi connectivity index (χ0n) is 11.6. The van der Waals surface area contributed by atoms with Crippen LogP contribution < -0.4 is 11.1 Å². The third kappa shape index (κ3) is 3.94. The summed E-state index contributed by atoms with van der Waals surface area (Å²) in [6, 6.07) is 0. The highest BCUT2D eigenvalue weighted by Crippen LogP contribution is 2.31. The Labute approximate surface area is 120 Å². The summed E-state index contributed by atoms with van der Waals surface area (Å²) in [5, 5.41) is 7.04. The van der Waals surface area contributed by atoms with Crippen LogP contribution in [0.2, 0.25) is 0 Å². The van der Waals surface area contributed by atoms with Crippen LogP contribution in [0.5, 0.6) is 0 Å². The molecule has 1 fully saturated rings. The van der Waals surface area contributed by atoms with Crippen molar-refractivity contribution in [2.75, 3.05) is 0 Å². The van der Waals surface area contributed by atoms with Gasteiger partial charge in [0, 0.05) is 30.9 Å². The van der Waals surface area contributed by atoms with Gasteiger partial charge in [0.1, 0.15) is 0 Å². The maximum absolute atomic E-state index is 12.2. The van der Waals surface area contributed by atoms with E-state index in [1.165, 1.54) is 0 Å². The van der Waals surface area contributed by atoms with Crippen molar-refractivity contribution in [1.82, 2.24) is 15.1 Å². The summed E-state index contributed by atoms with van der Waals surface area (Å²) in [6.07, 6.45) is 7.71. The van der Waals surface area contributed by atoms with Crippen LogP contribution in [0, 0.1) is 5.92 Å². The van der Waals surface area contributed by atoms with Gasteiger partial charge in [-0.1, -0.05) is 12.8 Å². The second-order valence-electron chi connectivity index (χ2n) is 5.54. The van der Waals surface area contributed by atoms with Crippen LogP contribution in [0.3, 0.4) is 0 Å². The smallest absolute Gasteiger partial charge is 0.225 e. The number of aromatic nitrogens is 2. The first-order valence-corrected chi connectivity index (χ1v) is 6.53. The lowest BCUT2D eigenvalue weighted by molar-refractivity contribution is -0.128. The highest BCUT2D eigenvalue weighted by molar-refractivity contribution is 5.85. The van der Waals surface area contributed by atoms with Crippen molar-refractivity contribution in [2.24, 2.45) is 18.7 Å². The Morgan fingerprint density at radius 1 is 1.63 bits per heavy atom. The summed E-state index contributed by atoms with van der Waals surface area (Å²) < 4.78 is 1.73. The lowest BCUT2D eigenvalue weighted by atomic mass is 9.74. The Morgan fingerprint density at radius 3 is 2.95 bits per heavy atom. The standard InChI is InChI=1S/C13H22N4O.ClH/c1-13(14)6-4-3-5-11(13)12(18)15-7-10-8-16-17(2)9-10;/h8-9,11H,3-7,14H2,1-2H3,(H,15,18);1H. The minimum Gasteiger partial charge on any atom is -0.352 e. The number of aryl methyl sites for hydroxylation is 1. The molecule has 2 atom stereocenters. The minimum absolute atomic E-state index is 0. The second kappa shape index (κ2) is 6.39. The lowest BCUT2D eigenvalue weighted by Crippen LogP contribution is -2.52. The van der Waals surface area contributed by atoms with E-state index >= 15 is 0 Å². The topological polar surface area (TPSA) is 72.9 Å². The third-order valence-corrected chi connectivity index (χ3v) is 3.80. The zero-order valence-corrected chi connectivity index (χ0v) is 12.4. The molecule has 1 saturated carbocycles. The summed E-state index contributed by atoms with van der Waals surface area (Å²) in [7, 11) is 1.86. The molecular weight excluding hydrogens is 264 g/mol. The van der Waals surface area contributed by atoms with Crippen molar-refractivity contribution in [3.05, 3.63) is 18.0 Å². The van der Waals surface area contributed by atoms with Crippen LogP contribution in [0.1, 0.15) is 38.2 Å². The molecule has 5 nitrogen and oxygen atoms in total. The van der Waals surface area contributed by atoms with Gasteiger partial charge in [0.05, 0.1) is 12.1 Å². The SMILES string of the molecule is Cl.Cn1cc(CNC(=O)C2CCCCC2(C)N)cn1. The van der Waals surface area contributed by atoms with E-state index in [0.717, 1.165) is 31.2 Å². The second-order valence-corrected chi connectivity index (χ2v) is 5.54. The van der Waals surface area contributed by atoms with Crippen molar-refractivity contribution >= 4 is 18.3 Å². The molecule has 0 bridgehead atoms. The van der Waals surface area contributed by atoms with Crippen molar-refractivity contribution in [2.45, 2.75) is 44.7 Å². The Morgan fingerprint density at radius 2 is 2.37 bits per heavy atom. The Kier molecular flexibility index (Phi) is 5.38. The Balaban J connectivity index is 0.00000180. The molecule has 0 radical (unpaired) electrons. The maximum atomic E-state index is 12.2. The van der Waals surface area contributed by atoms with Crippen molar-refractivity contribution in [1.29, 1.82) is 0 Å². The number of halogens is 1. The summed E-state index contributed by atoms with van der Waals surface area (Å²) in [4.78, 5) is 12.2. The molecule has 1 aliphatic rings. The minimum atomic E-state index is -0.364. The third-order valence-electron chi connectivity index (χ3n) is 3.80. The average Bonchev–Trinajstić information content (AvgIpc) is 2.71. The molecule has 1 aromatic heterocycles. The van der Waals surface area contributed by atoms with Crippen LogP contribution in [-0.2, 0) is 18.4 Å². The number of rotatable bonds is 3. The average molecular weight is 287 g/mol. The van der Waals surface area contributed by atoms with E-state index in [1.807, 2.05) is 20.2 Å². The molecule has 108 valence electrons. The van der Waals surface area contributed by atoms with Crippen LogP contribution in [0.15, 0.2) is 12.4 Å². The van der Waals surface area contributed by atoms with E-state index in [0.29, 0.717) is 6.54 Å². The number of hydrogen-bond donors (Lipinski definition) is 2. The van der Waals surface area contributed by atoms with Gasteiger partial charge in [-0.05, 0) is 19.8 Å². The van der Waals surface area contributed by atoms with Crippen molar-refractivity contribution in [3.8, 4) is 0 Å². The number of nitrogens with one attached hydrogen (secondary N) is 1. The molecule has 0 spiro atoms. The van der Waals surface area contributed by atoms with E-state index < -0.39 is 0 Å². The van der Waals surface area contributed by atoms with E-state index in [2.05, 4.69) is 10.4 Å². The number of carbonyl (C=O) groups is 1. The first-order valence-electron chi connectivity index (χ1n) is 6.53. The molecule has 19 heavy (non-hydrogen) atoms. The van der Waals surface area contributed by atoms with E-state index in [-0.39, 0.29) is 29.8 Å². The highest BCUT2D eigenvalue weighted by atomic mass is 35.5. The van der Waals surface area contributed by atoms with Gasteiger partial charge in [0.25, 0.3) is 0 Å². The summed E-state index contributed by atoms with van der Waals surface area (Å²) in [6.45, 7) is 2.51. The van der Waals surface area contributed by atoms with Crippen LogP contribution in [-0.4, -0.2) is 21.2 Å². The molecule has 1 aliphatic carbocycles. The zero-order chi connectivity index (χ0) is 13.2. The molecule has 2 rings (SSSR count). The van der Waals surface area contributed by atoms with Gasteiger partial charge < -0.3 is 11.1 Å². The quantitative estimate of drug-likeness (QED) is 0.881. The van der Waals surface area contributed by atoms with Crippen LogP contribution in [0.25, 0.3) is 0 Å². The Hall–Kier alpha value is -1.07. The largest absolute Gasteiger partial charge is 0.352 e. The monoisotopic (exact) mass is 286 g/mol. The predicted octanol–water partition coefficient (Wildman–Crippen LogP) is 1.37. The van der Waals surface area contributed by atoms with Gasteiger partial charge in [0.2, 0.25) is 5.91 Å². The number of nitrogens with two attached hydrogens (primary N) is 1. The first kappa shape index (κ1) is 16.0. The fraction of sp³-hybridized carbons (Fsp3) is 0.692. The molecular formula is C13H23ClN4O. The van der Waals surface area contributed by atoms with Gasteiger partial charge in [-0.15, -0.1) is 12.4 Å². The highest BCUT2D eigenvalue weighted by Gasteiger charge is 2.37. The van der Waals surface area contributed by atoms with Crippen molar-refractivity contribution < 1.29 is 4.79 Å². The van der Waals surface area contributed by atoms with Gasteiger partial charge in [-0.2, -0.15) is 5.10 Å². The number of amides is 1. The van der Waals surface area contributed by atoms with Crippen LogP contribution in [0.4, 0.5) is 0 Å². The summed E-state index contributed by atoms with van der Waals surface area (Å²) >= 11 is 0. The fourth-order valence-corrected chi connectivity index (χ4v) is 2.66. The molecule has 1 amide bonds. The molecule has 1 heterocycles. The van der Waals surface area contributed by atoms with E-state index in [1.54, 1.807) is 10.9 Å². The molecule has 2 unspecified atom stereocenters. The molecule has 1 aromatic rings. The number of hydrogen-bond acceptors (Lipinski definition) is 3. The number of carbonyl (C=O) groups excluding carboxylic acids is 1. The predicted molar refractivity (Wildman–Crippen MR) is 76.9 cm³/mol. The molecule has 0 aliphatic heterocycles. The van der Waals surface area contributed by atoms with Gasteiger partial charge in [-0.25, -0.2) is 0 Å². The molecule has 6 heteroatoms. The normalized spacial score (nSPS) is 26.6. The maximum Gasteiger partial charge on any atom is 0.225 e. The van der Waals surface area contributed by atoms with Gasteiger partial charge in [0.15, 0.2) is 0 Å². The first-order chi connectivity index (χ1) is 8.49. The lowest BCUT2D eigenvalue weighted by Gasteiger charge is -2.37. The number of nitrogens with zero attached hydrogens (tertiary/aromatic N) is 2.